The van der Waals surface area contributed by atoms with Crippen LogP contribution in [0.1, 0.15) is 15.9 Å². The van der Waals surface area contributed by atoms with Gasteiger partial charge in [0.2, 0.25) is 5.91 Å². The zero-order chi connectivity index (χ0) is 19.2. The van der Waals surface area contributed by atoms with E-state index < -0.39 is 0 Å². The van der Waals surface area contributed by atoms with Gasteiger partial charge >= 0.3 is 0 Å². The molecule has 8 nitrogen and oxygen atoms in total. The molecule has 0 radical (unpaired) electrons. The quantitative estimate of drug-likeness (QED) is 0.694. The van der Waals surface area contributed by atoms with Crippen molar-refractivity contribution in [2.24, 2.45) is 0 Å². The van der Waals surface area contributed by atoms with E-state index >= 15 is 0 Å². The first-order chi connectivity index (χ1) is 13.1. The van der Waals surface area contributed by atoms with Crippen LogP contribution in [0.4, 0.5) is 5.69 Å². The number of terminal acetylenes is 1. The average molecular weight is 360 g/mol. The van der Waals surface area contributed by atoms with Crippen molar-refractivity contribution in [2.75, 3.05) is 18.9 Å². The number of hydrogen-bond donors (Lipinski definition) is 1. The fourth-order valence-electron chi connectivity index (χ4n) is 2.43. The van der Waals surface area contributed by atoms with Crippen molar-refractivity contribution in [3.8, 4) is 18.0 Å². The molecule has 0 saturated heterocycles. The first-order valence-electron chi connectivity index (χ1n) is 8.02. The van der Waals surface area contributed by atoms with Gasteiger partial charge in [-0.2, -0.15) is 0 Å². The zero-order valence-electron chi connectivity index (χ0n) is 14.5. The first kappa shape index (κ1) is 17.8. The molecule has 2 aromatic carbocycles. The van der Waals surface area contributed by atoms with Gasteiger partial charge < -0.3 is 10.2 Å². The van der Waals surface area contributed by atoms with Gasteiger partial charge in [0.05, 0.1) is 12.2 Å². The van der Waals surface area contributed by atoms with E-state index in [0.29, 0.717) is 16.8 Å². The van der Waals surface area contributed by atoms with Crippen LogP contribution in [0.25, 0.3) is 5.69 Å². The average Bonchev–Trinajstić information content (AvgIpc) is 3.22. The number of aromatic nitrogens is 4. The molecule has 0 aliphatic heterocycles. The number of rotatable bonds is 5. The summed E-state index contributed by atoms with van der Waals surface area (Å²) >= 11 is 0. The molecule has 134 valence electrons. The predicted octanol–water partition coefficient (Wildman–Crippen LogP) is 1.35. The largest absolute Gasteiger partial charge is 0.332 e. The maximum Gasteiger partial charge on any atom is 0.254 e. The monoisotopic (exact) mass is 360 g/mol. The van der Waals surface area contributed by atoms with Crippen LogP contribution in [0.2, 0.25) is 0 Å². The Morgan fingerprint density at radius 3 is 2.67 bits per heavy atom. The van der Waals surface area contributed by atoms with Crippen molar-refractivity contribution in [3.05, 3.63) is 66.0 Å². The Bertz CT molecular complexity index is 990. The summed E-state index contributed by atoms with van der Waals surface area (Å²) < 4.78 is 1.48. The number of carbonyl (C=O) groups is 2. The van der Waals surface area contributed by atoms with Crippen molar-refractivity contribution in [1.29, 1.82) is 0 Å². The third-order valence-electron chi connectivity index (χ3n) is 3.77. The molecule has 8 heteroatoms. The fraction of sp³-hybridized carbons (Fsp3) is 0.105. The summed E-state index contributed by atoms with van der Waals surface area (Å²) in [7, 11) is 1.56. The van der Waals surface area contributed by atoms with E-state index in [4.69, 9.17) is 6.42 Å². The first-order valence-corrected chi connectivity index (χ1v) is 8.02. The topological polar surface area (TPSA) is 93.0 Å². The molecule has 0 atom stereocenters. The highest BCUT2D eigenvalue weighted by molar-refractivity contribution is 5.99. The van der Waals surface area contributed by atoms with Gasteiger partial charge in [0.25, 0.3) is 5.91 Å². The van der Waals surface area contributed by atoms with Gasteiger partial charge in [-0.05, 0) is 52.9 Å². The molecule has 1 aromatic heterocycles. The molecule has 0 aliphatic carbocycles. The van der Waals surface area contributed by atoms with Gasteiger partial charge in [0.15, 0.2) is 0 Å². The van der Waals surface area contributed by atoms with Crippen LogP contribution in [0.5, 0.6) is 0 Å². The number of tetrazole rings is 1. The van der Waals surface area contributed by atoms with Crippen LogP contribution in [-0.2, 0) is 4.79 Å². The second-order valence-electron chi connectivity index (χ2n) is 5.74. The van der Waals surface area contributed by atoms with Crippen molar-refractivity contribution in [2.45, 2.75) is 0 Å². The SMILES string of the molecule is C#Cc1cccc(NC(=O)CN(C)C(=O)c2ccc(-n3cnnn3)cc2)c1. The molecular weight excluding hydrogens is 344 g/mol. The molecule has 0 aliphatic rings. The highest BCUT2D eigenvalue weighted by Gasteiger charge is 2.15. The number of benzene rings is 2. The lowest BCUT2D eigenvalue weighted by Crippen LogP contribution is -2.34. The van der Waals surface area contributed by atoms with Gasteiger partial charge in [-0.15, -0.1) is 11.5 Å². The number of likely N-dealkylation sites (N-methyl/N-ethyl adjacent to an activating group) is 1. The minimum atomic E-state index is -0.315. The number of anilines is 1. The third-order valence-corrected chi connectivity index (χ3v) is 3.77. The minimum absolute atomic E-state index is 0.0894. The van der Waals surface area contributed by atoms with E-state index in [-0.39, 0.29) is 18.4 Å². The summed E-state index contributed by atoms with van der Waals surface area (Å²) in [5, 5.41) is 13.6. The predicted molar refractivity (Wildman–Crippen MR) is 99.1 cm³/mol. The lowest BCUT2D eigenvalue weighted by atomic mass is 10.2. The highest BCUT2D eigenvalue weighted by Crippen LogP contribution is 2.11. The molecule has 2 amide bonds. The number of nitrogens with one attached hydrogen (secondary N) is 1. The molecule has 1 heterocycles. The van der Waals surface area contributed by atoms with Crippen LogP contribution in [-0.4, -0.2) is 50.5 Å². The van der Waals surface area contributed by atoms with Crippen molar-refractivity contribution in [1.82, 2.24) is 25.1 Å². The van der Waals surface area contributed by atoms with Gasteiger partial charge in [0, 0.05) is 23.9 Å². The fourth-order valence-corrected chi connectivity index (χ4v) is 2.43. The Balaban J connectivity index is 1.61. The minimum Gasteiger partial charge on any atom is -0.332 e. The lowest BCUT2D eigenvalue weighted by molar-refractivity contribution is -0.116. The van der Waals surface area contributed by atoms with Crippen molar-refractivity contribution >= 4 is 17.5 Å². The Labute approximate surface area is 155 Å². The Kier molecular flexibility index (Phi) is 5.23. The maximum atomic E-state index is 12.5. The van der Waals surface area contributed by atoms with E-state index in [1.165, 1.54) is 15.9 Å². The normalized spacial score (nSPS) is 10.1. The highest BCUT2D eigenvalue weighted by atomic mass is 16.2. The van der Waals surface area contributed by atoms with Crippen molar-refractivity contribution < 1.29 is 9.59 Å². The summed E-state index contributed by atoms with van der Waals surface area (Å²) in [5.74, 6) is 1.92. The molecule has 1 N–H and O–H groups in total. The van der Waals surface area contributed by atoms with Crippen LogP contribution >= 0.6 is 0 Å². The van der Waals surface area contributed by atoms with E-state index in [1.54, 1.807) is 55.6 Å². The van der Waals surface area contributed by atoms with Crippen LogP contribution in [0.15, 0.2) is 54.9 Å². The van der Waals surface area contributed by atoms with E-state index in [9.17, 15) is 9.59 Å². The van der Waals surface area contributed by atoms with Gasteiger partial charge in [0.1, 0.15) is 6.33 Å². The molecule has 0 saturated carbocycles. The molecule has 27 heavy (non-hydrogen) atoms. The van der Waals surface area contributed by atoms with Crippen LogP contribution in [0, 0.1) is 12.3 Å². The molecule has 0 bridgehead atoms. The molecule has 3 rings (SSSR count). The van der Waals surface area contributed by atoms with Gasteiger partial charge in [-0.25, -0.2) is 4.68 Å². The maximum absolute atomic E-state index is 12.5. The van der Waals surface area contributed by atoms with Crippen molar-refractivity contribution in [3.63, 3.8) is 0 Å². The number of carbonyl (C=O) groups excluding carboxylic acids is 2. The lowest BCUT2D eigenvalue weighted by Gasteiger charge is -2.17. The Hall–Kier alpha value is -3.99. The second-order valence-corrected chi connectivity index (χ2v) is 5.74. The molecule has 0 spiro atoms. The van der Waals surface area contributed by atoms with Gasteiger partial charge in [-0.3, -0.25) is 9.59 Å². The number of hydrogen-bond acceptors (Lipinski definition) is 5. The summed E-state index contributed by atoms with van der Waals surface area (Å²) in [4.78, 5) is 26.0. The molecule has 0 unspecified atom stereocenters. The molecule has 0 fully saturated rings. The Morgan fingerprint density at radius 1 is 1.22 bits per heavy atom. The number of amides is 2. The second kappa shape index (κ2) is 7.93. The van der Waals surface area contributed by atoms with E-state index in [1.807, 2.05) is 0 Å². The van der Waals surface area contributed by atoms with E-state index in [0.717, 1.165) is 5.69 Å². The van der Waals surface area contributed by atoms with E-state index in [2.05, 4.69) is 26.8 Å². The molecule has 3 aromatic rings. The van der Waals surface area contributed by atoms with Gasteiger partial charge in [-0.1, -0.05) is 12.0 Å². The smallest absolute Gasteiger partial charge is 0.254 e. The third kappa shape index (κ3) is 4.35. The molecular formula is C19H16N6O2. The summed E-state index contributed by atoms with van der Waals surface area (Å²) in [6, 6.07) is 13.7. The summed E-state index contributed by atoms with van der Waals surface area (Å²) in [5.41, 5.74) is 2.43. The van der Waals surface area contributed by atoms with Crippen LogP contribution in [0.3, 0.4) is 0 Å². The standard InChI is InChI=1S/C19H16N6O2/c1-3-14-5-4-6-16(11-14)21-18(26)12-24(2)19(27)15-7-9-17(10-8-15)25-13-20-22-23-25/h1,4-11,13H,12H2,2H3,(H,21,26). The summed E-state index contributed by atoms with van der Waals surface area (Å²) in [6.45, 7) is -0.0894. The Morgan fingerprint density at radius 2 is 2.00 bits per heavy atom. The zero-order valence-corrected chi connectivity index (χ0v) is 14.5. The van der Waals surface area contributed by atoms with Crippen LogP contribution < -0.4 is 5.32 Å². The summed E-state index contributed by atoms with van der Waals surface area (Å²) in [6.07, 6.45) is 6.81. The number of nitrogens with zero attached hydrogens (tertiary/aromatic N) is 5.